The lowest BCUT2D eigenvalue weighted by Crippen LogP contribution is -2.55. The van der Waals surface area contributed by atoms with Crippen molar-refractivity contribution in [3.63, 3.8) is 0 Å². The van der Waals surface area contributed by atoms with E-state index in [0.717, 1.165) is 25.7 Å². The fourth-order valence-corrected chi connectivity index (χ4v) is 8.28. The monoisotopic (exact) mass is 399 g/mol. The van der Waals surface area contributed by atoms with Gasteiger partial charge in [-0.05, 0) is 100 Å². The summed E-state index contributed by atoms with van der Waals surface area (Å²) in [7, 11) is 0. The first-order chi connectivity index (χ1) is 13.8. The van der Waals surface area contributed by atoms with E-state index in [9.17, 15) is 9.90 Å². The molecule has 0 saturated heterocycles. The highest BCUT2D eigenvalue weighted by Gasteiger charge is 2.59. The van der Waals surface area contributed by atoms with Gasteiger partial charge in [-0.3, -0.25) is 4.79 Å². The third-order valence-corrected chi connectivity index (χ3v) is 9.62. The maximum Gasteiger partial charge on any atom is 0.162 e. The first-order valence-corrected chi connectivity index (χ1v) is 11.9. The summed E-state index contributed by atoms with van der Waals surface area (Å²) in [5, 5.41) is 19.3. The number of nitrogens with zero attached hydrogens (tertiary/aromatic N) is 3. The normalized spacial score (nSPS) is 47.7. The van der Waals surface area contributed by atoms with Crippen molar-refractivity contribution in [2.24, 2.45) is 40.9 Å². The van der Waals surface area contributed by atoms with Gasteiger partial charge >= 0.3 is 0 Å². The minimum Gasteiger partial charge on any atom is -0.390 e. The molecule has 4 aliphatic carbocycles. The minimum absolute atomic E-state index is 0.0962. The van der Waals surface area contributed by atoms with Gasteiger partial charge in [0.25, 0.3) is 0 Å². The van der Waals surface area contributed by atoms with Crippen LogP contribution < -0.4 is 0 Å². The molecule has 0 aliphatic heterocycles. The van der Waals surface area contributed by atoms with Crippen molar-refractivity contribution >= 4 is 5.78 Å². The zero-order chi connectivity index (χ0) is 20.4. The highest BCUT2D eigenvalue weighted by molar-refractivity contribution is 5.85. The molecule has 0 bridgehead atoms. The lowest BCUT2D eigenvalue weighted by molar-refractivity contribution is -0.149. The number of carbonyl (C=O) groups is 1. The SMILES string of the molecule is C[C@H](C(=O)C1C[C@@H]2C[C@](C)(O)CC[C@@H]2[C@H]2CC[C@]3(C)CCC[C@H]3[C@H]12)n1nccn1. The van der Waals surface area contributed by atoms with Gasteiger partial charge in [0, 0.05) is 5.92 Å². The minimum atomic E-state index is -0.562. The van der Waals surface area contributed by atoms with E-state index in [1.807, 2.05) is 13.8 Å². The van der Waals surface area contributed by atoms with Crippen LogP contribution in [0.2, 0.25) is 0 Å². The Labute approximate surface area is 174 Å². The van der Waals surface area contributed by atoms with Crippen molar-refractivity contribution < 1.29 is 9.90 Å². The molecule has 5 nitrogen and oxygen atoms in total. The molecule has 29 heavy (non-hydrogen) atoms. The van der Waals surface area contributed by atoms with Crippen LogP contribution in [-0.2, 0) is 4.79 Å². The second-order valence-electron chi connectivity index (χ2n) is 11.4. The lowest BCUT2D eigenvalue weighted by Gasteiger charge is -2.58. The van der Waals surface area contributed by atoms with Crippen LogP contribution in [0.1, 0.15) is 84.6 Å². The molecule has 9 atom stereocenters. The average molecular weight is 400 g/mol. The number of fused-ring (bicyclic) bond motifs is 5. The fraction of sp³-hybridized carbons (Fsp3) is 0.875. The fourth-order valence-electron chi connectivity index (χ4n) is 8.28. The summed E-state index contributed by atoms with van der Waals surface area (Å²) in [6.45, 7) is 6.47. The number of aromatic nitrogens is 3. The quantitative estimate of drug-likeness (QED) is 0.816. The molecule has 4 fully saturated rings. The van der Waals surface area contributed by atoms with Crippen LogP contribution in [0.5, 0.6) is 0 Å². The molecule has 1 unspecified atom stereocenters. The van der Waals surface area contributed by atoms with Crippen molar-refractivity contribution in [2.75, 3.05) is 0 Å². The molecule has 5 rings (SSSR count). The second-order valence-corrected chi connectivity index (χ2v) is 11.4. The molecular formula is C24H37N3O2. The molecule has 1 aromatic rings. The van der Waals surface area contributed by atoms with E-state index in [4.69, 9.17) is 0 Å². The zero-order valence-corrected chi connectivity index (χ0v) is 18.3. The highest BCUT2D eigenvalue weighted by Crippen LogP contribution is 2.64. The van der Waals surface area contributed by atoms with Gasteiger partial charge in [0.15, 0.2) is 5.78 Å². The van der Waals surface area contributed by atoms with Gasteiger partial charge in [-0.15, -0.1) is 0 Å². The highest BCUT2D eigenvalue weighted by atomic mass is 16.3. The van der Waals surface area contributed by atoms with Gasteiger partial charge in [-0.1, -0.05) is 13.3 Å². The Morgan fingerprint density at radius 2 is 1.83 bits per heavy atom. The summed E-state index contributed by atoms with van der Waals surface area (Å²) >= 11 is 0. The third kappa shape index (κ3) is 3.19. The Morgan fingerprint density at radius 3 is 2.59 bits per heavy atom. The third-order valence-electron chi connectivity index (χ3n) is 9.62. The van der Waals surface area contributed by atoms with E-state index in [-0.39, 0.29) is 12.0 Å². The van der Waals surface area contributed by atoms with Crippen LogP contribution >= 0.6 is 0 Å². The van der Waals surface area contributed by atoms with Crippen LogP contribution in [0.25, 0.3) is 0 Å². The van der Waals surface area contributed by atoms with Crippen LogP contribution in [0.15, 0.2) is 12.4 Å². The second kappa shape index (κ2) is 6.90. The first-order valence-electron chi connectivity index (χ1n) is 11.9. The van der Waals surface area contributed by atoms with Gasteiger partial charge in [0.05, 0.1) is 18.0 Å². The first kappa shape index (κ1) is 19.7. The van der Waals surface area contributed by atoms with Gasteiger partial charge in [0.2, 0.25) is 0 Å². The molecule has 0 radical (unpaired) electrons. The predicted molar refractivity (Wildman–Crippen MR) is 111 cm³/mol. The molecule has 4 saturated carbocycles. The summed E-state index contributed by atoms with van der Waals surface area (Å²) in [5.74, 6) is 3.48. The summed E-state index contributed by atoms with van der Waals surface area (Å²) in [6.07, 6.45) is 13.8. The van der Waals surface area contributed by atoms with Crippen molar-refractivity contribution in [3.8, 4) is 0 Å². The van der Waals surface area contributed by atoms with Crippen molar-refractivity contribution in [1.29, 1.82) is 0 Å². The molecule has 1 N–H and O–H groups in total. The molecular weight excluding hydrogens is 362 g/mol. The van der Waals surface area contributed by atoms with E-state index in [2.05, 4.69) is 17.1 Å². The summed E-state index contributed by atoms with van der Waals surface area (Å²) in [4.78, 5) is 15.4. The van der Waals surface area contributed by atoms with Crippen molar-refractivity contribution in [3.05, 3.63) is 12.4 Å². The van der Waals surface area contributed by atoms with Gasteiger partial charge < -0.3 is 5.11 Å². The van der Waals surface area contributed by atoms with E-state index in [1.165, 1.54) is 32.1 Å². The number of carbonyl (C=O) groups excluding carboxylic acids is 1. The van der Waals surface area contributed by atoms with Crippen LogP contribution in [-0.4, -0.2) is 31.5 Å². The largest absolute Gasteiger partial charge is 0.390 e. The van der Waals surface area contributed by atoms with E-state index in [1.54, 1.807) is 17.2 Å². The van der Waals surface area contributed by atoms with E-state index >= 15 is 0 Å². The predicted octanol–water partition coefficient (Wildman–Crippen LogP) is 4.43. The molecule has 0 aromatic carbocycles. The zero-order valence-electron chi connectivity index (χ0n) is 18.3. The van der Waals surface area contributed by atoms with E-state index in [0.29, 0.717) is 40.8 Å². The molecule has 160 valence electrons. The summed E-state index contributed by atoms with van der Waals surface area (Å²) < 4.78 is 0. The number of rotatable bonds is 3. The maximum atomic E-state index is 13.8. The lowest BCUT2D eigenvalue weighted by atomic mass is 9.46. The number of Topliss-reactive ketones (excluding diaryl/α,β-unsaturated/α-hetero) is 1. The Morgan fingerprint density at radius 1 is 1.10 bits per heavy atom. The Bertz CT molecular complexity index is 760. The number of hydrogen-bond donors (Lipinski definition) is 1. The van der Waals surface area contributed by atoms with Crippen LogP contribution in [0, 0.1) is 40.9 Å². The smallest absolute Gasteiger partial charge is 0.162 e. The maximum absolute atomic E-state index is 13.8. The van der Waals surface area contributed by atoms with Crippen molar-refractivity contribution in [1.82, 2.24) is 15.0 Å². The van der Waals surface area contributed by atoms with Crippen LogP contribution in [0.3, 0.4) is 0 Å². The summed E-state index contributed by atoms with van der Waals surface area (Å²) in [6, 6.07) is -0.300. The Balaban J connectivity index is 1.49. The molecule has 1 aromatic heterocycles. The molecule has 0 spiro atoms. The molecule has 1 heterocycles. The van der Waals surface area contributed by atoms with Crippen molar-refractivity contribution in [2.45, 2.75) is 90.2 Å². The van der Waals surface area contributed by atoms with Crippen LogP contribution in [0.4, 0.5) is 0 Å². The Kier molecular flexibility index (Phi) is 4.69. The number of ketones is 1. The number of aliphatic hydroxyl groups is 1. The standard InChI is InChI=1S/C24H37N3O2/c1-15(27-25-11-12-26-27)22(28)19-13-16-14-24(3,29)10-7-17(16)18-6-9-23(2)8-4-5-20(23)21(18)19/h11-12,15-21,29H,4-10,13-14H2,1-3H3/t15-,16-,17+,18-,19?,20+,21+,23+,24-/m1/s1. The topological polar surface area (TPSA) is 68.0 Å². The van der Waals surface area contributed by atoms with E-state index < -0.39 is 5.60 Å². The Hall–Kier alpha value is -1.23. The molecule has 4 aliphatic rings. The summed E-state index contributed by atoms with van der Waals surface area (Å²) in [5.41, 5.74) is -0.132. The molecule has 5 heteroatoms. The molecule has 0 amide bonds. The number of hydrogen-bond acceptors (Lipinski definition) is 4. The van der Waals surface area contributed by atoms with Gasteiger partial charge in [-0.25, -0.2) is 0 Å². The van der Waals surface area contributed by atoms with Gasteiger partial charge in [-0.2, -0.15) is 15.0 Å². The van der Waals surface area contributed by atoms with Gasteiger partial charge in [0.1, 0.15) is 6.04 Å². The average Bonchev–Trinajstić information content (AvgIpc) is 3.34.